The van der Waals surface area contributed by atoms with E-state index in [0.717, 1.165) is 22.6 Å². The number of hydrogen-bond donors (Lipinski definition) is 0. The summed E-state index contributed by atoms with van der Waals surface area (Å²) in [5.74, 6) is 1.90. The summed E-state index contributed by atoms with van der Waals surface area (Å²) in [4.78, 5) is 0. The Balaban J connectivity index is 0. The van der Waals surface area contributed by atoms with Gasteiger partial charge in [-0.25, -0.2) is 0 Å². The van der Waals surface area contributed by atoms with Crippen molar-refractivity contribution in [3.63, 3.8) is 0 Å². The van der Waals surface area contributed by atoms with Gasteiger partial charge < -0.3 is 4.74 Å². The van der Waals surface area contributed by atoms with Crippen LogP contribution in [0.5, 0.6) is 5.75 Å². The van der Waals surface area contributed by atoms with E-state index < -0.39 is 0 Å². The van der Waals surface area contributed by atoms with Crippen LogP contribution in [0.15, 0.2) is 59.9 Å². The van der Waals surface area contributed by atoms with Crippen molar-refractivity contribution in [2.24, 2.45) is 0 Å². The SMILES string of the molecule is CC(C)=C1Oc2ccccc2C=C1c1cccc(C)c1.[C-]#[O+].[C-]#[O+].[C-]#[O+].[Cr]. The molecule has 0 N–H and O–H groups in total. The summed E-state index contributed by atoms with van der Waals surface area (Å²) in [6, 6.07) is 16.7. The molecule has 27 heavy (non-hydrogen) atoms. The molecular formula is C22H18CrO4. The Hall–Kier alpha value is -2.53. The van der Waals surface area contributed by atoms with Crippen molar-refractivity contribution in [1.82, 2.24) is 0 Å². The molecule has 1 aliphatic rings. The molecule has 0 aromatic heterocycles. The summed E-state index contributed by atoms with van der Waals surface area (Å²) in [5, 5.41) is 0. The Bertz CT molecular complexity index is 840. The van der Waals surface area contributed by atoms with E-state index in [0.29, 0.717) is 0 Å². The molecule has 0 unspecified atom stereocenters. The first-order valence-corrected chi connectivity index (χ1v) is 7.50. The molecule has 1 heterocycles. The third-order valence-electron chi connectivity index (χ3n) is 3.46. The smallest absolute Gasteiger partial charge is 0 e. The molecule has 2 aromatic rings. The van der Waals surface area contributed by atoms with E-state index in [1.807, 2.05) is 18.2 Å². The van der Waals surface area contributed by atoms with E-state index in [1.165, 1.54) is 16.7 Å². The molecule has 3 rings (SSSR count). The first-order valence-electron chi connectivity index (χ1n) is 7.50. The second-order valence-corrected chi connectivity index (χ2v) is 5.40. The third-order valence-corrected chi connectivity index (χ3v) is 3.46. The van der Waals surface area contributed by atoms with Gasteiger partial charge in [-0.2, -0.15) is 0 Å². The molecule has 0 spiro atoms. The number of rotatable bonds is 1. The number of para-hydroxylation sites is 1. The van der Waals surface area contributed by atoms with Gasteiger partial charge in [0.2, 0.25) is 0 Å². The van der Waals surface area contributed by atoms with Gasteiger partial charge in [0.25, 0.3) is 0 Å². The Kier molecular flexibility index (Phi) is 14.5. The Morgan fingerprint density at radius 2 is 1.44 bits per heavy atom. The van der Waals surface area contributed by atoms with Crippen LogP contribution in [-0.2, 0) is 31.3 Å². The standard InChI is InChI=1S/C19H18O.3CO.Cr/c1-13(2)19-17(15-9-6-7-14(3)11-15)12-16-8-4-5-10-18(16)20-19;3*1-2;/h4-12H,1-3H3;;;;. The Labute approximate surface area is 170 Å². The fourth-order valence-corrected chi connectivity index (χ4v) is 2.48. The van der Waals surface area contributed by atoms with Gasteiger partial charge in [0, 0.05) is 28.5 Å². The predicted octanol–water partition coefficient (Wildman–Crippen LogP) is 5.11. The number of allylic oxidation sites excluding steroid dienone is 2. The molecule has 1 aliphatic heterocycles. The van der Waals surface area contributed by atoms with Crippen LogP contribution in [0.1, 0.15) is 30.5 Å². The van der Waals surface area contributed by atoms with E-state index in [9.17, 15) is 0 Å². The van der Waals surface area contributed by atoms with Crippen molar-refractivity contribution >= 4 is 11.6 Å². The van der Waals surface area contributed by atoms with Crippen LogP contribution in [0.3, 0.4) is 0 Å². The van der Waals surface area contributed by atoms with Crippen molar-refractivity contribution in [2.45, 2.75) is 20.8 Å². The molecule has 2 aromatic carbocycles. The van der Waals surface area contributed by atoms with Crippen molar-refractivity contribution in [3.8, 4) is 5.75 Å². The summed E-state index contributed by atoms with van der Waals surface area (Å²) in [6.45, 7) is 19.8. The van der Waals surface area contributed by atoms with Gasteiger partial charge in [-0.15, -0.1) is 0 Å². The maximum atomic E-state index is 7.50. The van der Waals surface area contributed by atoms with E-state index in [1.54, 1.807) is 0 Å². The molecule has 4 nitrogen and oxygen atoms in total. The van der Waals surface area contributed by atoms with Gasteiger partial charge in [0.05, 0.1) is 0 Å². The first-order chi connectivity index (χ1) is 12.6. The second kappa shape index (κ2) is 14.6. The fraction of sp³-hybridized carbons (Fsp3) is 0.136. The van der Waals surface area contributed by atoms with E-state index in [-0.39, 0.29) is 17.4 Å². The van der Waals surface area contributed by atoms with Crippen molar-refractivity contribution in [2.75, 3.05) is 0 Å². The molecule has 5 heteroatoms. The molecular weight excluding hydrogens is 380 g/mol. The summed E-state index contributed by atoms with van der Waals surface area (Å²) < 4.78 is 28.6. The van der Waals surface area contributed by atoms with E-state index in [4.69, 9.17) is 18.7 Å². The van der Waals surface area contributed by atoms with Crippen LogP contribution in [0, 0.1) is 26.9 Å². The van der Waals surface area contributed by atoms with Crippen LogP contribution in [0.25, 0.3) is 11.6 Å². The number of fused-ring (bicyclic) bond motifs is 1. The van der Waals surface area contributed by atoms with Crippen LogP contribution >= 0.6 is 0 Å². The Morgan fingerprint density at radius 1 is 0.852 bits per heavy atom. The average Bonchev–Trinajstić information content (AvgIpc) is 2.71. The predicted molar refractivity (Wildman–Crippen MR) is 96.3 cm³/mol. The molecule has 0 radical (unpaired) electrons. The normalized spacial score (nSPS) is 10.1. The molecule has 0 amide bonds. The zero-order chi connectivity index (χ0) is 20.1. The summed E-state index contributed by atoms with van der Waals surface area (Å²) in [5.41, 5.74) is 5.94. The fourth-order valence-electron chi connectivity index (χ4n) is 2.48. The summed E-state index contributed by atoms with van der Waals surface area (Å²) in [7, 11) is 0. The van der Waals surface area contributed by atoms with Crippen LogP contribution in [0.2, 0.25) is 0 Å². The zero-order valence-electron chi connectivity index (χ0n) is 15.2. The first kappa shape index (κ1) is 26.7. The molecule has 136 valence electrons. The van der Waals surface area contributed by atoms with Gasteiger partial charge in [0.15, 0.2) is 0 Å². The van der Waals surface area contributed by atoms with Crippen LogP contribution in [-0.4, -0.2) is 0 Å². The van der Waals surface area contributed by atoms with Crippen molar-refractivity contribution < 1.29 is 36.1 Å². The maximum absolute atomic E-state index is 7.50. The maximum Gasteiger partial charge on any atom is 0 e. The van der Waals surface area contributed by atoms with Gasteiger partial charge in [-0.1, -0.05) is 48.0 Å². The topological polar surface area (TPSA) is 68.9 Å². The minimum atomic E-state index is 0. The van der Waals surface area contributed by atoms with Crippen LogP contribution in [0.4, 0.5) is 0 Å². The van der Waals surface area contributed by atoms with Crippen molar-refractivity contribution in [3.05, 3.63) is 96.5 Å². The number of hydrogen-bond acceptors (Lipinski definition) is 1. The molecule has 0 saturated carbocycles. The molecule has 0 bridgehead atoms. The third kappa shape index (κ3) is 7.31. The number of aryl methyl sites for hydroxylation is 1. The minimum Gasteiger partial charge on any atom is 0 e. The van der Waals surface area contributed by atoms with Crippen molar-refractivity contribution in [1.29, 1.82) is 0 Å². The quantitative estimate of drug-likeness (QED) is 0.486. The molecule has 0 aliphatic carbocycles. The van der Waals surface area contributed by atoms with E-state index in [2.05, 4.69) is 77.1 Å². The van der Waals surface area contributed by atoms with Gasteiger partial charge in [-0.3, -0.25) is 0 Å². The molecule has 0 atom stereocenters. The second-order valence-electron chi connectivity index (χ2n) is 5.40. The van der Waals surface area contributed by atoms with E-state index >= 15 is 0 Å². The largest absolute Gasteiger partial charge is 0 e. The molecule has 0 saturated heterocycles. The summed E-state index contributed by atoms with van der Waals surface area (Å²) >= 11 is 0. The van der Waals surface area contributed by atoms with Crippen LogP contribution < -0.4 is 4.74 Å². The number of ether oxygens (including phenoxy) is 1. The number of benzene rings is 2. The average molecular weight is 398 g/mol. The zero-order valence-corrected chi connectivity index (χ0v) is 16.5. The monoisotopic (exact) mass is 398 g/mol. The summed E-state index contributed by atoms with van der Waals surface area (Å²) in [6.07, 6.45) is 2.22. The van der Waals surface area contributed by atoms with Gasteiger partial charge in [-0.05, 0) is 44.1 Å². The Morgan fingerprint density at radius 3 is 2.00 bits per heavy atom. The molecule has 0 fully saturated rings. The minimum absolute atomic E-state index is 0. The van der Waals surface area contributed by atoms with Gasteiger partial charge >= 0.3 is 33.9 Å². The van der Waals surface area contributed by atoms with Gasteiger partial charge in [0.1, 0.15) is 11.5 Å².